The van der Waals surface area contributed by atoms with Crippen LogP contribution in [0.1, 0.15) is 48.2 Å². The molecule has 0 unspecified atom stereocenters. The molecule has 3 rings (SSSR count). The second-order valence-electron chi connectivity index (χ2n) is 6.52. The van der Waals surface area contributed by atoms with Gasteiger partial charge in [-0.2, -0.15) is 10.2 Å². The quantitative estimate of drug-likeness (QED) is 0.929. The molecule has 7 nitrogen and oxygen atoms in total. The minimum atomic E-state index is -0.271. The monoisotopic (exact) mass is 329 g/mol. The lowest BCUT2D eigenvalue weighted by Crippen LogP contribution is -2.32. The summed E-state index contributed by atoms with van der Waals surface area (Å²) in [4.78, 5) is 25.6. The Labute approximate surface area is 140 Å². The van der Waals surface area contributed by atoms with Crippen LogP contribution < -0.4 is 5.56 Å². The Morgan fingerprint density at radius 1 is 1.33 bits per heavy atom. The first kappa shape index (κ1) is 16.4. The fraction of sp³-hybridized carbons (Fsp3) is 0.529. The lowest BCUT2D eigenvalue weighted by molar-refractivity contribution is 0.0760. The summed E-state index contributed by atoms with van der Waals surface area (Å²) in [7, 11) is 1.85. The van der Waals surface area contributed by atoms with Gasteiger partial charge in [0.1, 0.15) is 0 Å². The van der Waals surface area contributed by atoms with Gasteiger partial charge in [0.25, 0.3) is 11.5 Å². The van der Waals surface area contributed by atoms with Crippen LogP contribution in [0.4, 0.5) is 0 Å². The Morgan fingerprint density at radius 3 is 2.75 bits per heavy atom. The molecule has 24 heavy (non-hydrogen) atoms. The van der Waals surface area contributed by atoms with E-state index in [1.54, 1.807) is 21.8 Å². The van der Waals surface area contributed by atoms with E-state index in [-0.39, 0.29) is 11.5 Å². The van der Waals surface area contributed by atoms with Crippen LogP contribution in [0.15, 0.2) is 23.1 Å². The van der Waals surface area contributed by atoms with Crippen LogP contribution in [0, 0.1) is 12.8 Å². The number of H-pyrrole nitrogens is 1. The standard InChI is InChI=1S/C17H23N5O2/c1-12-14(10-18-22(12)15-8-9-16(23)20-19-15)17(24)21(2)11-13-6-4-3-5-7-13/h8-10,13H,3-7,11H2,1-2H3,(H,20,23). The molecule has 2 aromatic rings. The third-order valence-electron chi connectivity index (χ3n) is 4.73. The molecule has 1 aliphatic rings. The highest BCUT2D eigenvalue weighted by atomic mass is 16.2. The van der Waals surface area contributed by atoms with Crippen LogP contribution in [0.5, 0.6) is 0 Å². The lowest BCUT2D eigenvalue weighted by atomic mass is 9.89. The minimum Gasteiger partial charge on any atom is -0.341 e. The molecule has 1 fully saturated rings. The lowest BCUT2D eigenvalue weighted by Gasteiger charge is -2.27. The zero-order chi connectivity index (χ0) is 17.1. The fourth-order valence-corrected chi connectivity index (χ4v) is 3.35. The maximum absolute atomic E-state index is 12.7. The van der Waals surface area contributed by atoms with E-state index >= 15 is 0 Å². The van der Waals surface area contributed by atoms with Gasteiger partial charge in [0.2, 0.25) is 0 Å². The van der Waals surface area contributed by atoms with E-state index in [1.807, 2.05) is 14.0 Å². The number of carbonyl (C=O) groups is 1. The summed E-state index contributed by atoms with van der Waals surface area (Å²) in [5.74, 6) is 1.07. The topological polar surface area (TPSA) is 83.9 Å². The van der Waals surface area contributed by atoms with Crippen molar-refractivity contribution in [3.05, 3.63) is 39.9 Å². The first-order valence-electron chi connectivity index (χ1n) is 8.42. The zero-order valence-electron chi connectivity index (χ0n) is 14.2. The van der Waals surface area contributed by atoms with Gasteiger partial charge in [-0.15, -0.1) is 0 Å². The first-order chi connectivity index (χ1) is 11.6. The maximum Gasteiger partial charge on any atom is 0.264 e. The van der Waals surface area contributed by atoms with Crippen LogP contribution >= 0.6 is 0 Å². The summed E-state index contributed by atoms with van der Waals surface area (Å²) in [5, 5.41) is 10.6. The summed E-state index contributed by atoms with van der Waals surface area (Å²) >= 11 is 0. The predicted molar refractivity (Wildman–Crippen MR) is 90.3 cm³/mol. The molecule has 0 bridgehead atoms. The third-order valence-corrected chi connectivity index (χ3v) is 4.73. The van der Waals surface area contributed by atoms with Gasteiger partial charge >= 0.3 is 0 Å². The number of hydrogen-bond donors (Lipinski definition) is 1. The van der Waals surface area contributed by atoms with E-state index in [9.17, 15) is 9.59 Å². The average Bonchev–Trinajstić information content (AvgIpc) is 2.97. The van der Waals surface area contributed by atoms with Crippen LogP contribution in [-0.4, -0.2) is 44.4 Å². The molecule has 0 aliphatic heterocycles. The van der Waals surface area contributed by atoms with Gasteiger partial charge in [0.05, 0.1) is 17.5 Å². The van der Waals surface area contributed by atoms with E-state index in [0.29, 0.717) is 17.3 Å². The van der Waals surface area contributed by atoms with Crippen molar-refractivity contribution < 1.29 is 4.79 Å². The van der Waals surface area contributed by atoms with Gasteiger partial charge in [-0.3, -0.25) is 9.59 Å². The van der Waals surface area contributed by atoms with Crippen LogP contribution in [-0.2, 0) is 0 Å². The van der Waals surface area contributed by atoms with Gasteiger partial charge in [-0.05, 0) is 31.7 Å². The molecule has 0 aromatic carbocycles. The largest absolute Gasteiger partial charge is 0.341 e. The SMILES string of the molecule is Cc1c(C(=O)N(C)CC2CCCCC2)cnn1-c1ccc(=O)[nH]n1. The van der Waals surface area contributed by atoms with Crippen molar-refractivity contribution in [3.63, 3.8) is 0 Å². The Kier molecular flexibility index (Phi) is 4.78. The molecule has 0 radical (unpaired) electrons. The molecule has 1 saturated carbocycles. The van der Waals surface area contributed by atoms with E-state index in [1.165, 1.54) is 38.2 Å². The van der Waals surface area contributed by atoms with Gasteiger partial charge < -0.3 is 4.90 Å². The molecule has 1 amide bonds. The highest BCUT2D eigenvalue weighted by Crippen LogP contribution is 2.24. The molecular formula is C17H23N5O2. The Bertz CT molecular complexity index is 753. The number of carbonyl (C=O) groups excluding carboxylic acids is 1. The fourth-order valence-electron chi connectivity index (χ4n) is 3.35. The molecule has 7 heteroatoms. The molecule has 128 valence electrons. The Balaban J connectivity index is 1.75. The van der Waals surface area contributed by atoms with E-state index in [2.05, 4.69) is 15.3 Å². The van der Waals surface area contributed by atoms with Crippen LogP contribution in [0.2, 0.25) is 0 Å². The third kappa shape index (κ3) is 3.39. The van der Waals surface area contributed by atoms with Gasteiger partial charge in [0, 0.05) is 19.7 Å². The summed E-state index contributed by atoms with van der Waals surface area (Å²) < 4.78 is 1.57. The zero-order valence-corrected chi connectivity index (χ0v) is 14.2. The van der Waals surface area contributed by atoms with Gasteiger partial charge in [-0.1, -0.05) is 19.3 Å². The highest BCUT2D eigenvalue weighted by molar-refractivity contribution is 5.95. The van der Waals surface area contributed by atoms with Crippen LogP contribution in [0.3, 0.4) is 0 Å². The second kappa shape index (κ2) is 6.98. The molecule has 1 N–H and O–H groups in total. The van der Waals surface area contributed by atoms with Crippen molar-refractivity contribution in [1.82, 2.24) is 24.9 Å². The summed E-state index contributed by atoms with van der Waals surface area (Å²) in [6.45, 7) is 2.63. The normalized spacial score (nSPS) is 15.4. The summed E-state index contributed by atoms with van der Waals surface area (Å²) in [6.07, 6.45) is 7.82. The maximum atomic E-state index is 12.7. The van der Waals surface area contributed by atoms with Crippen LogP contribution in [0.25, 0.3) is 5.82 Å². The van der Waals surface area contributed by atoms with Crippen molar-refractivity contribution >= 4 is 5.91 Å². The van der Waals surface area contributed by atoms with Crippen molar-refractivity contribution in [2.75, 3.05) is 13.6 Å². The minimum absolute atomic E-state index is 0.0197. The van der Waals surface area contributed by atoms with Crippen molar-refractivity contribution in [2.24, 2.45) is 5.92 Å². The van der Waals surface area contributed by atoms with E-state index in [4.69, 9.17) is 0 Å². The molecule has 0 atom stereocenters. The number of aromatic amines is 1. The van der Waals surface area contributed by atoms with Gasteiger partial charge in [-0.25, -0.2) is 9.78 Å². The highest BCUT2D eigenvalue weighted by Gasteiger charge is 2.22. The average molecular weight is 329 g/mol. The summed E-state index contributed by atoms with van der Waals surface area (Å²) in [6, 6.07) is 2.97. The molecule has 2 aromatic heterocycles. The van der Waals surface area contributed by atoms with Crippen molar-refractivity contribution in [1.29, 1.82) is 0 Å². The molecular weight excluding hydrogens is 306 g/mol. The number of aromatic nitrogens is 4. The summed E-state index contributed by atoms with van der Waals surface area (Å²) in [5.41, 5.74) is 1.02. The number of nitrogens with one attached hydrogen (secondary N) is 1. The number of nitrogens with zero attached hydrogens (tertiary/aromatic N) is 4. The Morgan fingerprint density at radius 2 is 2.08 bits per heavy atom. The second-order valence-corrected chi connectivity index (χ2v) is 6.52. The van der Waals surface area contributed by atoms with Crippen molar-refractivity contribution in [2.45, 2.75) is 39.0 Å². The molecule has 2 heterocycles. The first-order valence-corrected chi connectivity index (χ1v) is 8.42. The van der Waals surface area contributed by atoms with Gasteiger partial charge in [0.15, 0.2) is 5.82 Å². The van der Waals surface area contributed by atoms with E-state index < -0.39 is 0 Å². The Hall–Kier alpha value is -2.44. The number of amides is 1. The molecule has 0 saturated heterocycles. The molecule has 1 aliphatic carbocycles. The number of rotatable bonds is 4. The van der Waals surface area contributed by atoms with E-state index in [0.717, 1.165) is 12.2 Å². The molecule has 0 spiro atoms. The smallest absolute Gasteiger partial charge is 0.264 e. The van der Waals surface area contributed by atoms with Crippen molar-refractivity contribution in [3.8, 4) is 5.82 Å². The predicted octanol–water partition coefficient (Wildman–Crippen LogP) is 1.92. The number of hydrogen-bond acceptors (Lipinski definition) is 4.